The van der Waals surface area contributed by atoms with Crippen molar-refractivity contribution in [3.8, 4) is 0 Å². The smallest absolute Gasteiger partial charge is 0.156 e. The third kappa shape index (κ3) is 1.83. The van der Waals surface area contributed by atoms with Crippen LogP contribution in [0.3, 0.4) is 0 Å². The third-order valence-corrected chi connectivity index (χ3v) is 3.32. The molecule has 0 aromatic heterocycles. The summed E-state index contributed by atoms with van der Waals surface area (Å²) in [5.74, 6) is -1.05. The quantitative estimate of drug-likeness (QED) is 0.688. The van der Waals surface area contributed by atoms with E-state index < -0.39 is 5.41 Å². The van der Waals surface area contributed by atoms with E-state index in [1.165, 1.54) is 0 Å². The van der Waals surface area contributed by atoms with E-state index in [2.05, 4.69) is 0 Å². The van der Waals surface area contributed by atoms with Crippen LogP contribution in [-0.2, 0) is 14.4 Å². The highest BCUT2D eigenvalue weighted by Gasteiger charge is 2.54. The Balaban J connectivity index is 3.18. The standard InChI is InChI=1S/C13H20O3/c1-8(2)11(15)13(12(16)9(3)4)7-5-6-10(13)14/h8-9H,5-7H2,1-4H3. The van der Waals surface area contributed by atoms with Crippen molar-refractivity contribution < 1.29 is 14.4 Å². The van der Waals surface area contributed by atoms with Gasteiger partial charge in [-0.3, -0.25) is 14.4 Å². The topological polar surface area (TPSA) is 51.2 Å². The predicted molar refractivity (Wildman–Crippen MR) is 61.0 cm³/mol. The molecule has 0 spiro atoms. The lowest BCUT2D eigenvalue weighted by Crippen LogP contribution is -2.47. The predicted octanol–water partition coefficient (Wildman–Crippen LogP) is 2.18. The number of ketones is 3. The molecule has 1 fully saturated rings. The molecule has 0 unspecified atom stereocenters. The Morgan fingerprint density at radius 3 is 1.75 bits per heavy atom. The van der Waals surface area contributed by atoms with Gasteiger partial charge >= 0.3 is 0 Å². The molecule has 90 valence electrons. The Kier molecular flexibility index (Phi) is 3.66. The Bertz CT molecular complexity index is 306. The van der Waals surface area contributed by atoms with Gasteiger partial charge in [-0.2, -0.15) is 0 Å². The second-order valence-corrected chi connectivity index (χ2v) is 5.22. The molecule has 1 aliphatic carbocycles. The third-order valence-electron chi connectivity index (χ3n) is 3.32. The fourth-order valence-corrected chi connectivity index (χ4v) is 2.50. The Labute approximate surface area is 96.6 Å². The first-order valence-electron chi connectivity index (χ1n) is 5.96. The number of carbonyl (C=O) groups excluding carboxylic acids is 3. The zero-order chi connectivity index (χ0) is 12.5. The molecule has 16 heavy (non-hydrogen) atoms. The number of carbonyl (C=O) groups is 3. The molecule has 3 nitrogen and oxygen atoms in total. The lowest BCUT2D eigenvalue weighted by atomic mass is 9.70. The molecule has 0 bridgehead atoms. The summed E-state index contributed by atoms with van der Waals surface area (Å²) >= 11 is 0. The first-order chi connectivity index (χ1) is 7.34. The molecular weight excluding hydrogens is 204 g/mol. The maximum absolute atomic E-state index is 12.2. The summed E-state index contributed by atoms with van der Waals surface area (Å²) in [6.07, 6.45) is 1.45. The van der Waals surface area contributed by atoms with Gasteiger partial charge < -0.3 is 0 Å². The average Bonchev–Trinajstić information content (AvgIpc) is 2.58. The molecule has 0 amide bonds. The monoisotopic (exact) mass is 224 g/mol. The van der Waals surface area contributed by atoms with E-state index in [1.807, 2.05) is 0 Å². The van der Waals surface area contributed by atoms with Gasteiger partial charge in [-0.05, 0) is 12.8 Å². The van der Waals surface area contributed by atoms with Crippen LogP contribution in [-0.4, -0.2) is 17.3 Å². The zero-order valence-corrected chi connectivity index (χ0v) is 10.5. The number of hydrogen-bond donors (Lipinski definition) is 0. The molecule has 0 aromatic rings. The summed E-state index contributed by atoms with van der Waals surface area (Å²) in [5.41, 5.74) is -1.30. The molecular formula is C13H20O3. The van der Waals surface area contributed by atoms with E-state index >= 15 is 0 Å². The molecule has 3 heteroatoms. The van der Waals surface area contributed by atoms with Crippen LogP contribution < -0.4 is 0 Å². The van der Waals surface area contributed by atoms with Gasteiger partial charge in [-0.1, -0.05) is 27.7 Å². The summed E-state index contributed by atoms with van der Waals surface area (Å²) in [5, 5.41) is 0. The number of rotatable bonds is 4. The highest BCUT2D eigenvalue weighted by atomic mass is 16.2. The normalized spacial score (nSPS) is 19.5. The van der Waals surface area contributed by atoms with Crippen molar-refractivity contribution in [1.29, 1.82) is 0 Å². The SMILES string of the molecule is CC(C)C(=O)C1(C(=O)C(C)C)CCCC1=O. The van der Waals surface area contributed by atoms with Gasteiger partial charge in [0.05, 0.1) is 0 Å². The summed E-state index contributed by atoms with van der Waals surface area (Å²) < 4.78 is 0. The first kappa shape index (κ1) is 13.1. The van der Waals surface area contributed by atoms with Gasteiger partial charge in [0.1, 0.15) is 5.41 Å². The summed E-state index contributed by atoms with van der Waals surface area (Å²) in [6, 6.07) is 0. The minimum atomic E-state index is -1.30. The van der Waals surface area contributed by atoms with Crippen LogP contribution in [0, 0.1) is 17.3 Å². The van der Waals surface area contributed by atoms with E-state index in [0.717, 1.165) is 0 Å². The Hall–Kier alpha value is -0.990. The van der Waals surface area contributed by atoms with Crippen LogP contribution in [0.15, 0.2) is 0 Å². The minimum Gasteiger partial charge on any atom is -0.298 e. The summed E-state index contributed by atoms with van der Waals surface area (Å²) in [4.78, 5) is 36.3. The minimum absolute atomic E-state index is 0.162. The van der Waals surface area contributed by atoms with Crippen molar-refractivity contribution >= 4 is 17.3 Å². The second-order valence-electron chi connectivity index (χ2n) is 5.22. The maximum Gasteiger partial charge on any atom is 0.156 e. The van der Waals surface area contributed by atoms with Gasteiger partial charge in [-0.15, -0.1) is 0 Å². The van der Waals surface area contributed by atoms with E-state index in [0.29, 0.717) is 19.3 Å². The van der Waals surface area contributed by atoms with Crippen molar-refractivity contribution in [3.63, 3.8) is 0 Å². The Morgan fingerprint density at radius 1 is 1.06 bits per heavy atom. The van der Waals surface area contributed by atoms with Crippen molar-refractivity contribution in [2.24, 2.45) is 17.3 Å². The fraction of sp³-hybridized carbons (Fsp3) is 0.769. The van der Waals surface area contributed by atoms with Crippen LogP contribution >= 0.6 is 0 Å². The van der Waals surface area contributed by atoms with Gasteiger partial charge in [0.2, 0.25) is 0 Å². The van der Waals surface area contributed by atoms with Crippen molar-refractivity contribution in [3.05, 3.63) is 0 Å². The van der Waals surface area contributed by atoms with Crippen molar-refractivity contribution in [2.45, 2.75) is 47.0 Å². The molecule has 0 aromatic carbocycles. The fourth-order valence-electron chi connectivity index (χ4n) is 2.50. The molecule has 0 radical (unpaired) electrons. The van der Waals surface area contributed by atoms with Crippen molar-refractivity contribution in [2.75, 3.05) is 0 Å². The van der Waals surface area contributed by atoms with Crippen LogP contribution in [0.2, 0.25) is 0 Å². The van der Waals surface area contributed by atoms with Crippen molar-refractivity contribution in [1.82, 2.24) is 0 Å². The van der Waals surface area contributed by atoms with Crippen LogP contribution in [0.25, 0.3) is 0 Å². The van der Waals surface area contributed by atoms with Gasteiger partial charge in [0.25, 0.3) is 0 Å². The van der Waals surface area contributed by atoms with E-state index in [-0.39, 0.29) is 29.2 Å². The average molecular weight is 224 g/mol. The molecule has 0 atom stereocenters. The van der Waals surface area contributed by atoms with E-state index in [1.54, 1.807) is 27.7 Å². The molecule has 1 rings (SSSR count). The van der Waals surface area contributed by atoms with Gasteiger partial charge in [0.15, 0.2) is 17.3 Å². The molecule has 0 aliphatic heterocycles. The molecule has 0 N–H and O–H groups in total. The van der Waals surface area contributed by atoms with Crippen LogP contribution in [0.4, 0.5) is 0 Å². The highest BCUT2D eigenvalue weighted by Crippen LogP contribution is 2.40. The van der Waals surface area contributed by atoms with Gasteiger partial charge in [-0.25, -0.2) is 0 Å². The van der Waals surface area contributed by atoms with Gasteiger partial charge in [0, 0.05) is 18.3 Å². The highest BCUT2D eigenvalue weighted by molar-refractivity contribution is 6.25. The zero-order valence-electron chi connectivity index (χ0n) is 10.5. The second kappa shape index (κ2) is 4.48. The largest absolute Gasteiger partial charge is 0.298 e. The number of Topliss-reactive ketones (excluding diaryl/α,β-unsaturated/α-hetero) is 3. The van der Waals surface area contributed by atoms with Crippen LogP contribution in [0.5, 0.6) is 0 Å². The van der Waals surface area contributed by atoms with E-state index in [4.69, 9.17) is 0 Å². The summed E-state index contributed by atoms with van der Waals surface area (Å²) in [7, 11) is 0. The number of hydrogen-bond acceptors (Lipinski definition) is 3. The Morgan fingerprint density at radius 2 is 1.50 bits per heavy atom. The molecule has 0 heterocycles. The maximum atomic E-state index is 12.2. The first-order valence-corrected chi connectivity index (χ1v) is 5.96. The van der Waals surface area contributed by atoms with E-state index in [9.17, 15) is 14.4 Å². The lowest BCUT2D eigenvalue weighted by molar-refractivity contribution is -0.150. The molecule has 1 saturated carbocycles. The molecule has 1 aliphatic rings. The lowest BCUT2D eigenvalue weighted by Gasteiger charge is -2.27. The summed E-state index contributed by atoms with van der Waals surface area (Å²) in [6.45, 7) is 7.01. The molecule has 0 saturated heterocycles. The van der Waals surface area contributed by atoms with Crippen LogP contribution in [0.1, 0.15) is 47.0 Å².